The van der Waals surface area contributed by atoms with Gasteiger partial charge in [0.25, 0.3) is 0 Å². The van der Waals surface area contributed by atoms with Crippen LogP contribution in [0.15, 0.2) is 303 Å². The molecule has 0 unspecified atom stereocenters. The number of benzene rings is 10. The van der Waals surface area contributed by atoms with Gasteiger partial charge in [-0.2, -0.15) is 0 Å². The van der Waals surface area contributed by atoms with Gasteiger partial charge in [-0.05, 0) is 121 Å². The smallest absolute Gasteiger partial charge is 0.338 e. The predicted molar refractivity (Wildman–Crippen MR) is 438 cm³/mol. The highest BCUT2D eigenvalue weighted by atomic mass is 16.8. The number of carbonyl (C=O) groups is 13. The predicted octanol–water partition coefficient (Wildman–Crippen LogP) is 11.5. The lowest BCUT2D eigenvalue weighted by Crippen LogP contribution is -2.70. The fraction of sp³-hybridized carbons (Fsp3) is 0.240. The maximum Gasteiger partial charge on any atom is 0.338 e. The van der Waals surface area contributed by atoms with Crippen LogP contribution in [0.3, 0.4) is 0 Å². The third-order valence-electron chi connectivity index (χ3n) is 19.8. The number of hydrogen-bond acceptors (Lipinski definition) is 31. The van der Waals surface area contributed by atoms with Crippen molar-refractivity contribution in [3.8, 4) is 0 Å². The van der Waals surface area contributed by atoms with Crippen LogP contribution < -0.4 is 0 Å². The first-order chi connectivity index (χ1) is 61.6. The number of ether oxygens (including phenoxy) is 18. The van der Waals surface area contributed by atoms with Crippen LogP contribution in [0.25, 0.3) is 0 Å². The van der Waals surface area contributed by atoms with Crippen molar-refractivity contribution in [1.82, 2.24) is 0 Å². The van der Waals surface area contributed by atoms with Crippen molar-refractivity contribution in [1.29, 1.82) is 0 Å². The van der Waals surface area contributed by atoms with E-state index in [4.69, 9.17) is 85.3 Å². The van der Waals surface area contributed by atoms with E-state index in [9.17, 15) is 33.6 Å². The summed E-state index contributed by atoms with van der Waals surface area (Å²) in [5.41, 5.74) is -1.42. The Morgan fingerprint density at radius 2 is 0.488 bits per heavy atom. The van der Waals surface area contributed by atoms with E-state index in [-0.39, 0.29) is 55.6 Å². The second kappa shape index (κ2) is 43.4. The second-order valence-electron chi connectivity index (χ2n) is 28.6. The van der Waals surface area contributed by atoms with Gasteiger partial charge in [0.15, 0.2) is 73.6 Å². The summed E-state index contributed by atoms with van der Waals surface area (Å²) in [6, 6.07) is 72.7. The summed E-state index contributed by atoms with van der Waals surface area (Å²) in [6.45, 7) is -0.250. The van der Waals surface area contributed by atoms with Gasteiger partial charge in [0.2, 0.25) is 6.29 Å². The fourth-order valence-electron chi connectivity index (χ4n) is 13.9. The Morgan fingerprint density at radius 1 is 0.228 bits per heavy atom. The molecule has 3 aliphatic rings. The Morgan fingerprint density at radius 3 is 0.835 bits per heavy atom. The van der Waals surface area contributed by atoms with Crippen LogP contribution in [0.1, 0.15) is 124 Å². The molecule has 0 bridgehead atoms. The highest BCUT2D eigenvalue weighted by molar-refractivity contribution is 5.95. The molecule has 3 fully saturated rings. The molecule has 3 heterocycles. The van der Waals surface area contributed by atoms with Crippen molar-refractivity contribution in [3.05, 3.63) is 359 Å². The average molecular weight is 1730 g/mol. The molecule has 13 rings (SSSR count). The van der Waals surface area contributed by atoms with Crippen LogP contribution >= 0.6 is 0 Å². The summed E-state index contributed by atoms with van der Waals surface area (Å²) in [6.07, 6.45) is -39.5. The van der Waals surface area contributed by atoms with Crippen molar-refractivity contribution < 1.29 is 148 Å². The van der Waals surface area contributed by atoms with Gasteiger partial charge in [-0.15, -0.1) is 0 Å². The normalized spacial score (nSPS) is 22.1. The molecule has 652 valence electrons. The summed E-state index contributed by atoms with van der Waals surface area (Å²) in [5, 5.41) is 0. The van der Waals surface area contributed by atoms with Crippen LogP contribution in [0.2, 0.25) is 0 Å². The monoisotopic (exact) mass is 1730 g/mol. The molecule has 0 radical (unpaired) electrons. The van der Waals surface area contributed by atoms with Gasteiger partial charge in [-0.3, -0.25) is 14.4 Å². The Balaban J connectivity index is 1.05. The largest absolute Gasteiger partial charge is 0.462 e. The highest BCUT2D eigenvalue weighted by Crippen LogP contribution is 2.42. The summed E-state index contributed by atoms with van der Waals surface area (Å²) < 4.78 is 117. The molecule has 0 aliphatic carbocycles. The molecule has 10 aromatic carbocycles. The summed E-state index contributed by atoms with van der Waals surface area (Å²) in [5.74, 6) is -15.1. The van der Waals surface area contributed by atoms with Crippen LogP contribution in [0.4, 0.5) is 0 Å². The van der Waals surface area contributed by atoms with Gasteiger partial charge >= 0.3 is 77.6 Å². The van der Waals surface area contributed by atoms with Crippen LogP contribution in [0, 0.1) is 0 Å². The second-order valence-corrected chi connectivity index (χ2v) is 28.6. The van der Waals surface area contributed by atoms with E-state index in [0.717, 1.165) is 20.8 Å². The molecule has 0 spiro atoms. The molecule has 0 N–H and O–H groups in total. The zero-order valence-electron chi connectivity index (χ0n) is 68.0. The van der Waals surface area contributed by atoms with Gasteiger partial charge < -0.3 is 85.3 Å². The molecule has 3 aliphatic heterocycles. The quantitative estimate of drug-likeness (QED) is 0.0279. The van der Waals surface area contributed by atoms with E-state index in [2.05, 4.69) is 0 Å². The molecular formula is C96H82O31. The first kappa shape index (κ1) is 89.9. The van der Waals surface area contributed by atoms with Crippen LogP contribution in [-0.4, -0.2) is 202 Å². The number of rotatable bonds is 32. The molecule has 31 nitrogen and oxygen atoms in total. The lowest BCUT2D eigenvalue weighted by Gasteiger charge is -2.51. The van der Waals surface area contributed by atoms with Gasteiger partial charge in [0.05, 0.1) is 55.6 Å². The topological polar surface area (TPSA) is 388 Å². The van der Waals surface area contributed by atoms with Crippen LogP contribution in [0.5, 0.6) is 0 Å². The fourth-order valence-corrected chi connectivity index (χ4v) is 13.9. The van der Waals surface area contributed by atoms with Crippen molar-refractivity contribution >= 4 is 77.6 Å². The van der Waals surface area contributed by atoms with E-state index in [1.165, 1.54) is 249 Å². The number of esters is 13. The van der Waals surface area contributed by atoms with Gasteiger partial charge in [-0.1, -0.05) is 182 Å². The van der Waals surface area contributed by atoms with E-state index in [0.29, 0.717) is 0 Å². The van der Waals surface area contributed by atoms with E-state index < -0.39 is 202 Å². The van der Waals surface area contributed by atoms with Crippen molar-refractivity contribution in [2.75, 3.05) is 19.8 Å². The average Bonchev–Trinajstić information content (AvgIpc) is 0.777. The van der Waals surface area contributed by atoms with E-state index in [1.54, 1.807) is 54.6 Å². The zero-order chi connectivity index (χ0) is 89.3. The summed E-state index contributed by atoms with van der Waals surface area (Å²) >= 11 is 0. The summed E-state index contributed by atoms with van der Waals surface area (Å²) in [7, 11) is 0. The minimum Gasteiger partial charge on any atom is -0.462 e. The Labute approximate surface area is 725 Å². The first-order valence-corrected chi connectivity index (χ1v) is 39.9. The Kier molecular flexibility index (Phi) is 30.7. The maximum absolute atomic E-state index is 15.8. The number of hydrogen-bond donors (Lipinski definition) is 0. The Hall–Kier alpha value is -14.9. The molecule has 0 amide bonds. The van der Waals surface area contributed by atoms with Gasteiger partial charge in [-0.25, -0.2) is 47.9 Å². The van der Waals surface area contributed by atoms with Gasteiger partial charge in [0.1, 0.15) is 44.2 Å². The lowest BCUT2D eigenvalue weighted by molar-refractivity contribution is -0.386. The van der Waals surface area contributed by atoms with Crippen molar-refractivity contribution in [2.45, 2.75) is 125 Å². The SMILES string of the molecule is CC(=O)OC[C@H](OC(C)=O)[C@H]1O[C@H](OC(C)=O)[C@@H](O[C@H]2O[C@H]([C@H](COC(=O)c3ccccc3)OC(=O)c3ccccc3)[C@@H](OC(=O)c3ccccc3)[C@H](OC(=O)c3ccccc3)[C@@H]2OC(=O)c2ccccc2)[C@@H](OC(=O)c2ccccc2)[C@@H]1O[C@@H]1O[C@H](COC(=O)c2ccccc2)[C@@H](OC(=O)c2ccccc2)[C@H](OC(=O)c2ccccc2)[C@H]1OC(=O)c1ccccc1. The zero-order valence-corrected chi connectivity index (χ0v) is 68.0. The lowest BCUT2D eigenvalue weighted by atomic mass is 9.92. The molecule has 127 heavy (non-hydrogen) atoms. The third kappa shape index (κ3) is 23.7. The molecule has 17 atom stereocenters. The Bertz CT molecular complexity index is 5430. The highest BCUT2D eigenvalue weighted by Gasteiger charge is 2.63. The van der Waals surface area contributed by atoms with Crippen molar-refractivity contribution in [2.24, 2.45) is 0 Å². The molecular weight excluding hydrogens is 1650 g/mol. The standard InChI is InChI=1S/C96H82O31/c1-57(97)110-54-70(113-58(2)98)74-77(126-95-81(122-92(108)68-50-30-12-31-51-68)78(119-89(105)65-44-24-9-25-45-65)73(117-87(103)63-40-20-7-21-41-63)72(116-95)56-112-85(101)61-36-16-5-17-37-61)80(121-91(107)67-48-28-11-29-49-67)83(94(124-74)114-59(3)99)127-96-82(123-93(109)69-52-32-13-33-53-69)79(120-90(106)66-46-26-10-27-47-66)76(118-88(104)64-42-22-8-23-43-64)75(125-96)71(115-86(102)62-38-18-6-19-39-62)55-111-84(100)60-34-14-4-15-35-60/h4-53,70-83,94-96H,54-56H2,1-3H3/t70-,71-,72+,73+,74+,75+,76+,77+,78-,79-,80-,81+,82-,83-,94-,95-,96+/m0/s1. The van der Waals surface area contributed by atoms with E-state index >= 15 is 28.8 Å². The third-order valence-corrected chi connectivity index (χ3v) is 19.8. The summed E-state index contributed by atoms with van der Waals surface area (Å²) in [4.78, 5) is 192. The molecule has 3 saturated heterocycles. The van der Waals surface area contributed by atoms with Gasteiger partial charge in [0, 0.05) is 20.8 Å². The molecule has 31 heteroatoms. The number of carbonyl (C=O) groups excluding carboxylic acids is 13. The maximum atomic E-state index is 15.8. The minimum absolute atomic E-state index is 0.0152. The van der Waals surface area contributed by atoms with E-state index in [1.807, 2.05) is 0 Å². The minimum atomic E-state index is -2.61. The molecule has 0 aromatic heterocycles. The first-order valence-electron chi connectivity index (χ1n) is 39.9. The molecule has 0 saturated carbocycles. The van der Waals surface area contributed by atoms with Crippen LogP contribution in [-0.2, 0) is 99.6 Å². The van der Waals surface area contributed by atoms with Crippen molar-refractivity contribution in [3.63, 3.8) is 0 Å². The molecule has 10 aromatic rings.